The molecule has 1 nitrogen and oxygen atoms in total. The fraction of sp³-hybridized carbons (Fsp3) is 1.00. The molecule has 0 amide bonds. The maximum atomic E-state index is 4.52. The van der Waals surface area contributed by atoms with Crippen LogP contribution in [0.25, 0.3) is 0 Å². The summed E-state index contributed by atoms with van der Waals surface area (Å²) in [6.07, 6.45) is 5.49. The fourth-order valence-corrected chi connectivity index (χ4v) is 2.56. The summed E-state index contributed by atoms with van der Waals surface area (Å²) in [5.74, 6) is 0. The molecule has 0 spiro atoms. The van der Waals surface area contributed by atoms with Crippen molar-refractivity contribution in [3.8, 4) is 0 Å². The molecule has 0 radical (unpaired) electrons. The van der Waals surface area contributed by atoms with Crippen molar-refractivity contribution in [3.05, 3.63) is 0 Å². The van der Waals surface area contributed by atoms with Crippen LogP contribution in [0.2, 0.25) is 0 Å². The number of nitrogens with zero attached hydrogens (tertiary/aromatic N) is 1. The average molecular weight is 157 g/mol. The van der Waals surface area contributed by atoms with E-state index in [1.165, 1.54) is 38.8 Å². The molecule has 10 heavy (non-hydrogen) atoms. The Kier molecular flexibility index (Phi) is 1.92. The first-order valence-electron chi connectivity index (χ1n) is 4.28. The number of thiol groups is 1. The molecule has 2 rings (SSSR count). The van der Waals surface area contributed by atoms with Crippen molar-refractivity contribution in [2.24, 2.45) is 0 Å². The highest BCUT2D eigenvalue weighted by atomic mass is 32.1. The van der Waals surface area contributed by atoms with Gasteiger partial charge in [-0.3, -0.25) is 0 Å². The van der Waals surface area contributed by atoms with Crippen molar-refractivity contribution < 1.29 is 0 Å². The van der Waals surface area contributed by atoms with E-state index >= 15 is 0 Å². The largest absolute Gasteiger partial charge is 0.300 e. The van der Waals surface area contributed by atoms with Crippen LogP contribution >= 0.6 is 12.6 Å². The Morgan fingerprint density at radius 3 is 3.00 bits per heavy atom. The van der Waals surface area contributed by atoms with Crippen LogP contribution in [0.15, 0.2) is 0 Å². The predicted octanol–water partition coefficient (Wildman–Crippen LogP) is 1.54. The van der Waals surface area contributed by atoms with E-state index < -0.39 is 0 Å². The summed E-state index contributed by atoms with van der Waals surface area (Å²) in [4.78, 5) is 2.63. The quantitative estimate of drug-likeness (QED) is 0.522. The second-order valence-corrected chi connectivity index (χ2v) is 4.24. The Balaban J connectivity index is 1.96. The Labute approximate surface area is 68.2 Å². The molecule has 58 valence electrons. The maximum absolute atomic E-state index is 4.52. The van der Waals surface area contributed by atoms with E-state index in [9.17, 15) is 0 Å². The van der Waals surface area contributed by atoms with Gasteiger partial charge in [-0.25, -0.2) is 0 Å². The number of hydrogen-bond acceptors (Lipinski definition) is 2. The molecule has 2 saturated heterocycles. The third-order valence-corrected chi connectivity index (χ3v) is 3.26. The molecule has 2 heteroatoms. The van der Waals surface area contributed by atoms with E-state index in [1.807, 2.05) is 0 Å². The van der Waals surface area contributed by atoms with Gasteiger partial charge in [0.25, 0.3) is 0 Å². The molecule has 2 aliphatic heterocycles. The Bertz CT molecular complexity index is 126. The maximum Gasteiger partial charge on any atom is 0.0106 e. The van der Waals surface area contributed by atoms with Gasteiger partial charge in [0.2, 0.25) is 0 Å². The summed E-state index contributed by atoms with van der Waals surface area (Å²) in [5.41, 5.74) is 0. The van der Waals surface area contributed by atoms with E-state index in [-0.39, 0.29) is 0 Å². The molecule has 2 unspecified atom stereocenters. The summed E-state index contributed by atoms with van der Waals surface area (Å²) < 4.78 is 0. The molecule has 2 heterocycles. The standard InChI is InChI=1S/C8H15NS/c10-8-3-5-9-4-1-2-7(9)6-8/h7-8,10H,1-6H2. The van der Waals surface area contributed by atoms with Crippen molar-refractivity contribution in [2.75, 3.05) is 13.1 Å². The van der Waals surface area contributed by atoms with Gasteiger partial charge in [-0.05, 0) is 38.8 Å². The van der Waals surface area contributed by atoms with Crippen LogP contribution < -0.4 is 0 Å². The minimum absolute atomic E-state index is 0.694. The van der Waals surface area contributed by atoms with Gasteiger partial charge >= 0.3 is 0 Å². The second-order valence-electron chi connectivity index (χ2n) is 3.51. The Morgan fingerprint density at radius 2 is 2.10 bits per heavy atom. The molecule has 0 saturated carbocycles. The highest BCUT2D eigenvalue weighted by molar-refractivity contribution is 7.80. The molecular weight excluding hydrogens is 142 g/mol. The van der Waals surface area contributed by atoms with Crippen molar-refractivity contribution in [2.45, 2.75) is 37.0 Å². The highest BCUT2D eigenvalue weighted by Crippen LogP contribution is 2.28. The number of rotatable bonds is 0. The molecule has 0 aromatic carbocycles. The molecule has 2 atom stereocenters. The first kappa shape index (κ1) is 6.99. The SMILES string of the molecule is SC1CCN2CCCC2C1. The molecule has 2 aliphatic rings. The summed E-state index contributed by atoms with van der Waals surface area (Å²) >= 11 is 4.52. The normalized spacial score (nSPS) is 41.7. The van der Waals surface area contributed by atoms with Crippen molar-refractivity contribution in [1.29, 1.82) is 0 Å². The predicted molar refractivity (Wildman–Crippen MR) is 46.6 cm³/mol. The van der Waals surface area contributed by atoms with Gasteiger partial charge in [-0.2, -0.15) is 12.6 Å². The smallest absolute Gasteiger partial charge is 0.0106 e. The van der Waals surface area contributed by atoms with Gasteiger partial charge in [0.1, 0.15) is 0 Å². The fourth-order valence-electron chi connectivity index (χ4n) is 2.20. The zero-order valence-electron chi connectivity index (χ0n) is 6.29. The molecule has 2 fully saturated rings. The van der Waals surface area contributed by atoms with E-state index in [0.29, 0.717) is 5.25 Å². The zero-order chi connectivity index (χ0) is 6.97. The van der Waals surface area contributed by atoms with E-state index in [1.54, 1.807) is 0 Å². The van der Waals surface area contributed by atoms with Gasteiger partial charge < -0.3 is 4.90 Å². The molecule has 0 N–H and O–H groups in total. The summed E-state index contributed by atoms with van der Waals surface area (Å²) in [5, 5.41) is 0.694. The van der Waals surface area contributed by atoms with Gasteiger partial charge in [0, 0.05) is 11.3 Å². The lowest BCUT2D eigenvalue weighted by Gasteiger charge is -2.32. The lowest BCUT2D eigenvalue weighted by molar-refractivity contribution is 0.203. The second kappa shape index (κ2) is 2.74. The topological polar surface area (TPSA) is 3.24 Å². The van der Waals surface area contributed by atoms with Crippen LogP contribution in [0.3, 0.4) is 0 Å². The number of hydrogen-bond donors (Lipinski definition) is 1. The molecule has 0 bridgehead atoms. The van der Waals surface area contributed by atoms with E-state index in [2.05, 4.69) is 17.5 Å². The Morgan fingerprint density at radius 1 is 1.20 bits per heavy atom. The third-order valence-electron chi connectivity index (χ3n) is 2.79. The minimum atomic E-state index is 0.694. The van der Waals surface area contributed by atoms with E-state index in [0.717, 1.165) is 6.04 Å². The van der Waals surface area contributed by atoms with Gasteiger partial charge in [0.15, 0.2) is 0 Å². The van der Waals surface area contributed by atoms with Gasteiger partial charge in [-0.1, -0.05) is 0 Å². The van der Waals surface area contributed by atoms with Crippen molar-refractivity contribution in [1.82, 2.24) is 4.90 Å². The van der Waals surface area contributed by atoms with Crippen LogP contribution in [0.1, 0.15) is 25.7 Å². The van der Waals surface area contributed by atoms with Crippen LogP contribution in [-0.2, 0) is 0 Å². The monoisotopic (exact) mass is 157 g/mol. The Hall–Kier alpha value is 0.310. The molecule has 0 aromatic rings. The summed E-state index contributed by atoms with van der Waals surface area (Å²) in [6, 6.07) is 0.899. The van der Waals surface area contributed by atoms with Crippen molar-refractivity contribution >= 4 is 12.6 Å². The summed E-state index contributed by atoms with van der Waals surface area (Å²) in [7, 11) is 0. The van der Waals surface area contributed by atoms with Crippen LogP contribution in [0.4, 0.5) is 0 Å². The zero-order valence-corrected chi connectivity index (χ0v) is 7.19. The lowest BCUT2D eigenvalue weighted by Crippen LogP contribution is -2.38. The minimum Gasteiger partial charge on any atom is -0.300 e. The van der Waals surface area contributed by atoms with Crippen LogP contribution in [0.5, 0.6) is 0 Å². The molecule has 0 aliphatic carbocycles. The number of piperidine rings is 1. The van der Waals surface area contributed by atoms with Gasteiger partial charge in [0.05, 0.1) is 0 Å². The summed E-state index contributed by atoms with van der Waals surface area (Å²) in [6.45, 7) is 2.66. The van der Waals surface area contributed by atoms with Crippen LogP contribution in [0, 0.1) is 0 Å². The molecular formula is C8H15NS. The first-order valence-corrected chi connectivity index (χ1v) is 4.80. The van der Waals surface area contributed by atoms with E-state index in [4.69, 9.17) is 0 Å². The van der Waals surface area contributed by atoms with Gasteiger partial charge in [-0.15, -0.1) is 0 Å². The molecule has 0 aromatic heterocycles. The number of fused-ring (bicyclic) bond motifs is 1. The average Bonchev–Trinajstić information content (AvgIpc) is 2.33. The van der Waals surface area contributed by atoms with Crippen LogP contribution in [-0.4, -0.2) is 29.3 Å². The first-order chi connectivity index (χ1) is 4.86. The third kappa shape index (κ3) is 1.19. The lowest BCUT2D eigenvalue weighted by atomic mass is 10.0. The van der Waals surface area contributed by atoms with Crippen molar-refractivity contribution in [3.63, 3.8) is 0 Å². The highest BCUT2D eigenvalue weighted by Gasteiger charge is 2.29.